The Kier molecular flexibility index (Phi) is 6.97. The lowest BCUT2D eigenvalue weighted by molar-refractivity contribution is -0.120. The standard InChI is InChI=1S/C20H27N3O3/c1-5-14(2)21-20(25)22-19(24)13-23(3)12-15-6-7-17-11-18(26-4)9-8-16(17)10-15/h6-11,14H,5,12-13H2,1-4H3,(H2,21,22,24,25)/t14-/m0/s1. The van der Waals surface area contributed by atoms with Crippen LogP contribution in [0.3, 0.4) is 0 Å². The smallest absolute Gasteiger partial charge is 0.321 e. The van der Waals surface area contributed by atoms with E-state index in [1.807, 2.05) is 56.1 Å². The van der Waals surface area contributed by atoms with E-state index < -0.39 is 6.03 Å². The first-order valence-electron chi connectivity index (χ1n) is 8.76. The van der Waals surface area contributed by atoms with E-state index in [2.05, 4.69) is 16.7 Å². The van der Waals surface area contributed by atoms with Crippen LogP contribution in [0.15, 0.2) is 36.4 Å². The number of fused-ring (bicyclic) bond motifs is 1. The second kappa shape index (κ2) is 9.20. The van der Waals surface area contributed by atoms with E-state index in [4.69, 9.17) is 4.74 Å². The molecule has 6 nitrogen and oxygen atoms in total. The summed E-state index contributed by atoms with van der Waals surface area (Å²) in [6.07, 6.45) is 0.815. The van der Waals surface area contributed by atoms with E-state index in [1.54, 1.807) is 7.11 Å². The molecule has 0 radical (unpaired) electrons. The highest BCUT2D eigenvalue weighted by Crippen LogP contribution is 2.22. The number of nitrogens with zero attached hydrogens (tertiary/aromatic N) is 1. The molecule has 140 valence electrons. The van der Waals surface area contributed by atoms with Gasteiger partial charge in [0.15, 0.2) is 0 Å². The zero-order chi connectivity index (χ0) is 19.1. The topological polar surface area (TPSA) is 70.7 Å². The molecule has 0 aromatic heterocycles. The minimum absolute atomic E-state index is 0.0387. The maximum atomic E-state index is 12.0. The predicted molar refractivity (Wildman–Crippen MR) is 103 cm³/mol. The lowest BCUT2D eigenvalue weighted by atomic mass is 10.1. The van der Waals surface area contributed by atoms with Crippen LogP contribution in [0.1, 0.15) is 25.8 Å². The van der Waals surface area contributed by atoms with Gasteiger partial charge < -0.3 is 10.1 Å². The second-order valence-corrected chi connectivity index (χ2v) is 6.55. The van der Waals surface area contributed by atoms with Crippen LogP contribution in [-0.2, 0) is 11.3 Å². The molecule has 3 amide bonds. The summed E-state index contributed by atoms with van der Waals surface area (Å²) in [5.41, 5.74) is 1.10. The molecule has 0 heterocycles. The molecule has 0 bridgehead atoms. The van der Waals surface area contributed by atoms with E-state index in [0.717, 1.165) is 28.5 Å². The lowest BCUT2D eigenvalue weighted by Crippen LogP contribution is -2.46. The Morgan fingerprint density at radius 3 is 2.54 bits per heavy atom. The van der Waals surface area contributed by atoms with Crippen molar-refractivity contribution in [3.05, 3.63) is 42.0 Å². The Morgan fingerprint density at radius 1 is 1.15 bits per heavy atom. The number of likely N-dealkylation sites (N-methyl/N-ethyl adjacent to an activating group) is 1. The molecule has 2 N–H and O–H groups in total. The third-order valence-corrected chi connectivity index (χ3v) is 4.22. The molecular formula is C20H27N3O3. The first-order chi connectivity index (χ1) is 12.4. The maximum absolute atomic E-state index is 12.0. The number of rotatable bonds is 7. The highest BCUT2D eigenvalue weighted by Gasteiger charge is 2.12. The highest BCUT2D eigenvalue weighted by molar-refractivity contribution is 5.95. The van der Waals surface area contributed by atoms with Gasteiger partial charge in [-0.1, -0.05) is 25.1 Å². The molecule has 0 spiro atoms. The number of carbonyl (C=O) groups excluding carboxylic acids is 2. The molecule has 0 aliphatic rings. The molecule has 0 aliphatic heterocycles. The average Bonchev–Trinajstić information content (AvgIpc) is 2.60. The minimum atomic E-state index is -0.447. The number of methoxy groups -OCH3 is 1. The van der Waals surface area contributed by atoms with Crippen molar-refractivity contribution < 1.29 is 14.3 Å². The molecule has 1 atom stereocenters. The van der Waals surface area contributed by atoms with Gasteiger partial charge in [-0.15, -0.1) is 0 Å². The van der Waals surface area contributed by atoms with Gasteiger partial charge in [0.1, 0.15) is 5.75 Å². The number of nitrogens with one attached hydrogen (secondary N) is 2. The monoisotopic (exact) mass is 357 g/mol. The average molecular weight is 357 g/mol. The van der Waals surface area contributed by atoms with Crippen molar-refractivity contribution in [3.63, 3.8) is 0 Å². The van der Waals surface area contributed by atoms with Gasteiger partial charge in [0.05, 0.1) is 13.7 Å². The van der Waals surface area contributed by atoms with Crippen molar-refractivity contribution in [2.75, 3.05) is 20.7 Å². The zero-order valence-electron chi connectivity index (χ0n) is 15.8. The molecule has 26 heavy (non-hydrogen) atoms. The fourth-order valence-corrected chi connectivity index (χ4v) is 2.64. The lowest BCUT2D eigenvalue weighted by Gasteiger charge is -2.17. The summed E-state index contributed by atoms with van der Waals surface area (Å²) in [5.74, 6) is 0.508. The summed E-state index contributed by atoms with van der Waals surface area (Å²) >= 11 is 0. The van der Waals surface area contributed by atoms with Crippen LogP contribution in [0.2, 0.25) is 0 Å². The number of imide groups is 1. The number of urea groups is 1. The van der Waals surface area contributed by atoms with Crippen molar-refractivity contribution in [2.45, 2.75) is 32.9 Å². The Labute approximate surface area is 154 Å². The molecule has 0 unspecified atom stereocenters. The normalized spacial score (nSPS) is 12.0. The Morgan fingerprint density at radius 2 is 1.85 bits per heavy atom. The number of amides is 3. The van der Waals surface area contributed by atoms with Crippen molar-refractivity contribution in [2.24, 2.45) is 0 Å². The summed E-state index contributed by atoms with van der Waals surface area (Å²) in [5, 5.41) is 7.30. The molecular weight excluding hydrogens is 330 g/mol. The molecule has 0 saturated heterocycles. The quantitative estimate of drug-likeness (QED) is 0.799. The predicted octanol–water partition coefficient (Wildman–Crippen LogP) is 2.90. The van der Waals surface area contributed by atoms with Gasteiger partial charge in [-0.25, -0.2) is 4.79 Å². The fraction of sp³-hybridized carbons (Fsp3) is 0.400. The van der Waals surface area contributed by atoms with Crippen molar-refractivity contribution in [3.8, 4) is 5.75 Å². The van der Waals surface area contributed by atoms with Crippen LogP contribution >= 0.6 is 0 Å². The number of carbonyl (C=O) groups is 2. The van der Waals surface area contributed by atoms with Crippen molar-refractivity contribution >= 4 is 22.7 Å². The molecule has 0 aliphatic carbocycles. The van der Waals surface area contributed by atoms with E-state index in [1.165, 1.54) is 0 Å². The van der Waals surface area contributed by atoms with Gasteiger partial charge in [0.2, 0.25) is 5.91 Å². The number of benzene rings is 2. The van der Waals surface area contributed by atoms with E-state index in [-0.39, 0.29) is 18.5 Å². The molecule has 6 heteroatoms. The van der Waals surface area contributed by atoms with Crippen LogP contribution in [0.25, 0.3) is 10.8 Å². The first kappa shape index (κ1) is 19.7. The van der Waals surface area contributed by atoms with E-state index in [0.29, 0.717) is 6.54 Å². The van der Waals surface area contributed by atoms with Crippen LogP contribution in [0, 0.1) is 0 Å². The maximum Gasteiger partial charge on any atom is 0.321 e. The summed E-state index contributed by atoms with van der Waals surface area (Å²) in [7, 11) is 3.50. The van der Waals surface area contributed by atoms with Crippen molar-refractivity contribution in [1.82, 2.24) is 15.5 Å². The molecule has 2 rings (SSSR count). The molecule has 0 fully saturated rings. The molecule has 0 saturated carbocycles. The van der Waals surface area contributed by atoms with Crippen LogP contribution in [-0.4, -0.2) is 43.6 Å². The highest BCUT2D eigenvalue weighted by atomic mass is 16.5. The SMILES string of the molecule is CC[C@H](C)NC(=O)NC(=O)CN(C)Cc1ccc2cc(OC)ccc2c1. The summed E-state index contributed by atoms with van der Waals surface area (Å²) < 4.78 is 5.24. The minimum Gasteiger partial charge on any atom is -0.497 e. The van der Waals surface area contributed by atoms with Gasteiger partial charge in [-0.3, -0.25) is 15.0 Å². The first-order valence-corrected chi connectivity index (χ1v) is 8.76. The van der Waals surface area contributed by atoms with E-state index in [9.17, 15) is 9.59 Å². The third-order valence-electron chi connectivity index (χ3n) is 4.22. The second-order valence-electron chi connectivity index (χ2n) is 6.55. The summed E-state index contributed by atoms with van der Waals surface area (Å²) in [4.78, 5) is 25.5. The zero-order valence-corrected chi connectivity index (χ0v) is 15.8. The summed E-state index contributed by atoms with van der Waals surface area (Å²) in [6.45, 7) is 4.63. The van der Waals surface area contributed by atoms with Crippen molar-refractivity contribution in [1.29, 1.82) is 0 Å². The van der Waals surface area contributed by atoms with E-state index >= 15 is 0 Å². The number of ether oxygens (including phenoxy) is 1. The van der Waals surface area contributed by atoms with Gasteiger partial charge in [0.25, 0.3) is 0 Å². The van der Waals surface area contributed by atoms with Gasteiger partial charge in [-0.05, 0) is 54.9 Å². The Hall–Kier alpha value is -2.60. The van der Waals surface area contributed by atoms with Crippen LogP contribution in [0.5, 0.6) is 5.75 Å². The number of hydrogen-bond donors (Lipinski definition) is 2. The third kappa shape index (κ3) is 5.74. The molecule has 2 aromatic carbocycles. The Balaban J connectivity index is 1.90. The summed E-state index contributed by atoms with van der Waals surface area (Å²) in [6, 6.07) is 11.7. The van der Waals surface area contributed by atoms with Gasteiger partial charge in [-0.2, -0.15) is 0 Å². The van der Waals surface area contributed by atoms with Crippen LogP contribution < -0.4 is 15.4 Å². The molecule has 2 aromatic rings. The largest absolute Gasteiger partial charge is 0.497 e. The van der Waals surface area contributed by atoms with Gasteiger partial charge >= 0.3 is 6.03 Å². The van der Waals surface area contributed by atoms with Gasteiger partial charge in [0, 0.05) is 12.6 Å². The van der Waals surface area contributed by atoms with Crippen LogP contribution in [0.4, 0.5) is 4.79 Å². The fourth-order valence-electron chi connectivity index (χ4n) is 2.64. The Bertz CT molecular complexity index is 776. The number of hydrogen-bond acceptors (Lipinski definition) is 4.